The van der Waals surface area contributed by atoms with Crippen LogP contribution in [0.2, 0.25) is 0 Å². The molecule has 0 saturated carbocycles. The lowest BCUT2D eigenvalue weighted by Gasteiger charge is -2.11. The lowest BCUT2D eigenvalue weighted by Crippen LogP contribution is -2.09. The second-order valence-corrected chi connectivity index (χ2v) is 2.59. The summed E-state index contributed by atoms with van der Waals surface area (Å²) in [6.07, 6.45) is 10.2. The molecule has 0 bridgehead atoms. The fourth-order valence-corrected chi connectivity index (χ4v) is 1.15. The first-order chi connectivity index (χ1) is 4.84. The van der Waals surface area contributed by atoms with Crippen LogP contribution < -0.4 is 0 Å². The third kappa shape index (κ3) is 1.56. The van der Waals surface area contributed by atoms with Gasteiger partial charge in [-0.05, 0) is 12.5 Å². The van der Waals surface area contributed by atoms with E-state index < -0.39 is 0 Å². The highest BCUT2D eigenvalue weighted by molar-refractivity contribution is 5.96. The van der Waals surface area contributed by atoms with E-state index in [0.29, 0.717) is 5.92 Å². The quantitative estimate of drug-likeness (QED) is 0.601. The first-order valence-electron chi connectivity index (χ1n) is 3.78. The number of hydrogen-bond donors (Lipinski definition) is 1. The van der Waals surface area contributed by atoms with Crippen molar-refractivity contribution in [2.24, 2.45) is 5.92 Å². The molecule has 1 atom stereocenters. The van der Waals surface area contributed by atoms with Gasteiger partial charge >= 0.3 is 0 Å². The van der Waals surface area contributed by atoms with Crippen LogP contribution >= 0.6 is 0 Å². The van der Waals surface area contributed by atoms with Crippen LogP contribution in [0.25, 0.3) is 0 Å². The van der Waals surface area contributed by atoms with Crippen LogP contribution in [-0.2, 0) is 0 Å². The highest BCUT2D eigenvalue weighted by atomic mass is 14.4. The van der Waals surface area contributed by atoms with Crippen LogP contribution in [0.4, 0.5) is 0 Å². The fraction of sp³-hybridized carbons (Fsp3) is 0.444. The van der Waals surface area contributed by atoms with Gasteiger partial charge in [-0.25, -0.2) is 0 Å². The van der Waals surface area contributed by atoms with Crippen molar-refractivity contribution >= 4 is 5.71 Å². The van der Waals surface area contributed by atoms with Crippen molar-refractivity contribution < 1.29 is 0 Å². The van der Waals surface area contributed by atoms with Crippen LogP contribution in [-0.4, -0.2) is 5.71 Å². The summed E-state index contributed by atoms with van der Waals surface area (Å²) in [4.78, 5) is 0. The SMILES string of the molecule is CCCC1C=CC=CC1=N. The topological polar surface area (TPSA) is 23.9 Å². The largest absolute Gasteiger partial charge is 0.305 e. The van der Waals surface area contributed by atoms with Gasteiger partial charge in [0, 0.05) is 11.6 Å². The molecule has 10 heavy (non-hydrogen) atoms. The Balaban J connectivity index is 2.53. The Kier molecular flexibility index (Phi) is 2.43. The predicted octanol–water partition coefficient (Wildman–Crippen LogP) is 2.55. The van der Waals surface area contributed by atoms with Gasteiger partial charge in [-0.1, -0.05) is 31.6 Å². The maximum absolute atomic E-state index is 7.51. The number of nitrogens with one attached hydrogen (secondary N) is 1. The summed E-state index contributed by atoms with van der Waals surface area (Å²) in [7, 11) is 0. The molecule has 0 spiro atoms. The molecule has 0 aromatic rings. The Morgan fingerprint density at radius 3 is 2.90 bits per heavy atom. The van der Waals surface area contributed by atoms with E-state index in [-0.39, 0.29) is 0 Å². The fourth-order valence-electron chi connectivity index (χ4n) is 1.15. The molecule has 1 heteroatoms. The van der Waals surface area contributed by atoms with E-state index in [1.54, 1.807) is 0 Å². The highest BCUT2D eigenvalue weighted by Gasteiger charge is 2.08. The molecule has 0 heterocycles. The van der Waals surface area contributed by atoms with Gasteiger partial charge in [0.25, 0.3) is 0 Å². The summed E-state index contributed by atoms with van der Waals surface area (Å²) >= 11 is 0. The minimum Gasteiger partial charge on any atom is -0.305 e. The lowest BCUT2D eigenvalue weighted by molar-refractivity contribution is 0.718. The van der Waals surface area contributed by atoms with Gasteiger partial charge in [-0.3, -0.25) is 0 Å². The van der Waals surface area contributed by atoms with E-state index in [1.807, 2.05) is 18.2 Å². The summed E-state index contributed by atoms with van der Waals surface area (Å²) in [5, 5.41) is 7.51. The molecule has 1 rings (SSSR count). The maximum Gasteiger partial charge on any atom is 0.0382 e. The minimum atomic E-state index is 0.384. The molecule has 0 saturated heterocycles. The van der Waals surface area contributed by atoms with E-state index in [1.165, 1.54) is 0 Å². The van der Waals surface area contributed by atoms with E-state index in [0.717, 1.165) is 18.6 Å². The zero-order chi connectivity index (χ0) is 7.40. The van der Waals surface area contributed by atoms with Crippen molar-refractivity contribution in [2.75, 3.05) is 0 Å². The molecule has 1 aliphatic carbocycles. The molecular formula is C9H13N. The molecule has 1 nitrogen and oxygen atoms in total. The van der Waals surface area contributed by atoms with E-state index in [4.69, 9.17) is 5.41 Å². The highest BCUT2D eigenvalue weighted by Crippen LogP contribution is 2.13. The second kappa shape index (κ2) is 3.35. The smallest absolute Gasteiger partial charge is 0.0382 e. The van der Waals surface area contributed by atoms with Crippen LogP contribution in [0.15, 0.2) is 24.3 Å². The first kappa shape index (κ1) is 7.26. The van der Waals surface area contributed by atoms with Gasteiger partial charge in [0.05, 0.1) is 0 Å². The van der Waals surface area contributed by atoms with Gasteiger partial charge in [-0.2, -0.15) is 0 Å². The standard InChI is InChI=1S/C9H13N/c1-2-5-8-6-3-4-7-9(8)10/h3-4,6-8,10H,2,5H2,1H3. The molecule has 1 N–H and O–H groups in total. The van der Waals surface area contributed by atoms with Crippen LogP contribution in [0, 0.1) is 11.3 Å². The van der Waals surface area contributed by atoms with Gasteiger partial charge in [0.1, 0.15) is 0 Å². The zero-order valence-corrected chi connectivity index (χ0v) is 6.30. The zero-order valence-electron chi connectivity index (χ0n) is 6.30. The molecule has 54 valence electrons. The Labute approximate surface area is 62.0 Å². The Hall–Kier alpha value is -0.850. The number of rotatable bonds is 2. The van der Waals surface area contributed by atoms with Crippen molar-refractivity contribution in [3.8, 4) is 0 Å². The third-order valence-electron chi connectivity index (χ3n) is 1.73. The monoisotopic (exact) mass is 135 g/mol. The lowest BCUT2D eigenvalue weighted by atomic mass is 9.94. The van der Waals surface area contributed by atoms with E-state index in [9.17, 15) is 0 Å². The van der Waals surface area contributed by atoms with Crippen molar-refractivity contribution in [2.45, 2.75) is 19.8 Å². The molecule has 0 aromatic heterocycles. The third-order valence-corrected chi connectivity index (χ3v) is 1.73. The molecule has 0 fully saturated rings. The average molecular weight is 135 g/mol. The molecule has 1 aliphatic rings. The Morgan fingerprint density at radius 2 is 2.30 bits per heavy atom. The normalized spacial score (nSPS) is 23.7. The molecule has 0 aromatic carbocycles. The van der Waals surface area contributed by atoms with Crippen molar-refractivity contribution in [1.82, 2.24) is 0 Å². The van der Waals surface area contributed by atoms with Crippen LogP contribution in [0.1, 0.15) is 19.8 Å². The van der Waals surface area contributed by atoms with Gasteiger partial charge in [0.15, 0.2) is 0 Å². The van der Waals surface area contributed by atoms with E-state index in [2.05, 4.69) is 13.0 Å². The number of allylic oxidation sites excluding steroid dienone is 4. The van der Waals surface area contributed by atoms with Gasteiger partial charge in [0.2, 0.25) is 0 Å². The molecule has 0 aliphatic heterocycles. The predicted molar refractivity (Wildman–Crippen MR) is 44.4 cm³/mol. The van der Waals surface area contributed by atoms with Gasteiger partial charge < -0.3 is 5.41 Å². The molecule has 1 unspecified atom stereocenters. The Morgan fingerprint density at radius 1 is 1.50 bits per heavy atom. The summed E-state index contributed by atoms with van der Waals surface area (Å²) < 4.78 is 0. The molecular weight excluding hydrogens is 122 g/mol. The summed E-state index contributed by atoms with van der Waals surface area (Å²) in [6, 6.07) is 0. The van der Waals surface area contributed by atoms with Crippen LogP contribution in [0.3, 0.4) is 0 Å². The molecule has 0 amide bonds. The van der Waals surface area contributed by atoms with Crippen LogP contribution in [0.5, 0.6) is 0 Å². The van der Waals surface area contributed by atoms with Crippen molar-refractivity contribution in [1.29, 1.82) is 5.41 Å². The average Bonchev–Trinajstić information content (AvgIpc) is 1.94. The summed E-state index contributed by atoms with van der Waals surface area (Å²) in [5.41, 5.74) is 0.754. The summed E-state index contributed by atoms with van der Waals surface area (Å²) in [5.74, 6) is 0.384. The van der Waals surface area contributed by atoms with Crippen molar-refractivity contribution in [3.63, 3.8) is 0 Å². The maximum atomic E-state index is 7.51. The Bertz CT molecular complexity index is 177. The van der Waals surface area contributed by atoms with Crippen molar-refractivity contribution in [3.05, 3.63) is 24.3 Å². The molecule has 0 radical (unpaired) electrons. The number of hydrogen-bond acceptors (Lipinski definition) is 1. The first-order valence-corrected chi connectivity index (χ1v) is 3.78. The van der Waals surface area contributed by atoms with Gasteiger partial charge in [-0.15, -0.1) is 0 Å². The second-order valence-electron chi connectivity index (χ2n) is 2.59. The summed E-state index contributed by atoms with van der Waals surface area (Å²) in [6.45, 7) is 2.15. The minimum absolute atomic E-state index is 0.384. The van der Waals surface area contributed by atoms with E-state index >= 15 is 0 Å².